The first-order valence-electron chi connectivity index (χ1n) is 10.7. The van der Waals surface area contributed by atoms with E-state index < -0.39 is 12.3 Å². The van der Waals surface area contributed by atoms with E-state index in [9.17, 15) is 9.59 Å². The summed E-state index contributed by atoms with van der Waals surface area (Å²) in [6.45, 7) is 0.425. The second kappa shape index (κ2) is 9.65. The fourth-order valence-corrected chi connectivity index (χ4v) is 4.28. The normalized spacial score (nSPS) is 19.4. The van der Waals surface area contributed by atoms with Crippen LogP contribution in [0.2, 0.25) is 0 Å². The number of benzene rings is 2. The molecule has 1 aliphatic carbocycles. The van der Waals surface area contributed by atoms with Crippen LogP contribution in [0.4, 0.5) is 4.79 Å². The zero-order chi connectivity index (χ0) is 20.8. The van der Waals surface area contributed by atoms with Gasteiger partial charge in [-0.1, -0.05) is 61.7 Å². The van der Waals surface area contributed by atoms with Crippen molar-refractivity contribution in [2.75, 3.05) is 13.2 Å². The SMILES string of the molecule is O=C(NCCc1ccccc1)OC1c2ccccc2OCC(=O)N1C1CCCCC1. The molecule has 2 amide bonds. The van der Waals surface area contributed by atoms with Gasteiger partial charge in [0.2, 0.25) is 6.23 Å². The number of carbonyl (C=O) groups is 2. The zero-order valence-corrected chi connectivity index (χ0v) is 17.1. The second-order valence-electron chi connectivity index (χ2n) is 7.84. The molecule has 0 saturated heterocycles. The largest absolute Gasteiger partial charge is 0.483 e. The van der Waals surface area contributed by atoms with Gasteiger partial charge >= 0.3 is 6.09 Å². The van der Waals surface area contributed by atoms with Crippen molar-refractivity contribution < 1.29 is 19.1 Å². The van der Waals surface area contributed by atoms with Gasteiger partial charge in [0, 0.05) is 12.6 Å². The Hall–Kier alpha value is -3.02. The molecular formula is C24H28N2O4. The molecule has 4 rings (SSSR count). The van der Waals surface area contributed by atoms with Crippen LogP contribution in [0.25, 0.3) is 0 Å². The Morgan fingerprint density at radius 3 is 2.57 bits per heavy atom. The lowest BCUT2D eigenvalue weighted by Crippen LogP contribution is -2.46. The number of ether oxygens (including phenoxy) is 2. The summed E-state index contributed by atoms with van der Waals surface area (Å²) in [5.74, 6) is 0.450. The monoisotopic (exact) mass is 408 g/mol. The minimum absolute atomic E-state index is 0.0387. The average molecular weight is 408 g/mol. The van der Waals surface area contributed by atoms with Gasteiger partial charge in [-0.2, -0.15) is 0 Å². The van der Waals surface area contributed by atoms with Crippen molar-refractivity contribution in [3.63, 3.8) is 0 Å². The number of nitrogens with zero attached hydrogens (tertiary/aromatic N) is 1. The second-order valence-corrected chi connectivity index (χ2v) is 7.84. The highest BCUT2D eigenvalue weighted by molar-refractivity contribution is 5.80. The smallest absolute Gasteiger partial charge is 0.409 e. The van der Waals surface area contributed by atoms with E-state index in [2.05, 4.69) is 5.32 Å². The van der Waals surface area contributed by atoms with Crippen molar-refractivity contribution in [1.29, 1.82) is 0 Å². The molecule has 0 aromatic heterocycles. The average Bonchev–Trinajstić information content (AvgIpc) is 2.92. The third kappa shape index (κ3) is 4.75. The fraction of sp³-hybridized carbons (Fsp3) is 0.417. The van der Waals surface area contributed by atoms with Gasteiger partial charge in [0.15, 0.2) is 6.61 Å². The van der Waals surface area contributed by atoms with Crippen LogP contribution >= 0.6 is 0 Å². The molecule has 1 unspecified atom stereocenters. The van der Waals surface area contributed by atoms with E-state index in [1.54, 1.807) is 4.90 Å². The van der Waals surface area contributed by atoms with E-state index in [1.165, 1.54) is 6.42 Å². The third-order valence-corrected chi connectivity index (χ3v) is 5.79. The van der Waals surface area contributed by atoms with Crippen molar-refractivity contribution in [1.82, 2.24) is 10.2 Å². The fourth-order valence-electron chi connectivity index (χ4n) is 4.28. The Kier molecular flexibility index (Phi) is 6.52. The number of hydrogen-bond acceptors (Lipinski definition) is 4. The molecule has 1 fully saturated rings. The number of amides is 2. The summed E-state index contributed by atoms with van der Waals surface area (Å²) >= 11 is 0. The molecule has 1 aliphatic heterocycles. The maximum Gasteiger partial charge on any atom is 0.409 e. The predicted octanol–water partition coefficient (Wildman–Crippen LogP) is 4.21. The summed E-state index contributed by atoms with van der Waals surface area (Å²) in [6.07, 6.45) is 4.58. The summed E-state index contributed by atoms with van der Waals surface area (Å²) in [7, 11) is 0. The summed E-state index contributed by atoms with van der Waals surface area (Å²) in [6, 6.07) is 17.4. The van der Waals surface area contributed by atoms with Gasteiger partial charge in [0.25, 0.3) is 5.91 Å². The lowest BCUT2D eigenvalue weighted by molar-refractivity contribution is -0.148. The number of nitrogens with one attached hydrogen (secondary N) is 1. The molecule has 2 aromatic rings. The highest BCUT2D eigenvalue weighted by Gasteiger charge is 2.38. The van der Waals surface area contributed by atoms with Crippen molar-refractivity contribution >= 4 is 12.0 Å². The number of fused-ring (bicyclic) bond motifs is 1. The lowest BCUT2D eigenvalue weighted by atomic mass is 9.93. The molecule has 158 valence electrons. The topological polar surface area (TPSA) is 67.9 Å². The first-order chi connectivity index (χ1) is 14.7. The highest BCUT2D eigenvalue weighted by Crippen LogP contribution is 2.37. The van der Waals surface area contributed by atoms with Crippen LogP contribution in [0.1, 0.15) is 49.5 Å². The molecule has 6 nitrogen and oxygen atoms in total. The minimum Gasteiger partial charge on any atom is -0.483 e. The standard InChI is InChI=1S/C24H28N2O4/c27-22-17-29-21-14-8-7-13-20(21)23(26(22)19-11-5-2-6-12-19)30-24(28)25-16-15-18-9-3-1-4-10-18/h1,3-4,7-10,13-14,19,23H,2,5-6,11-12,15-17H2,(H,25,28). The minimum atomic E-state index is -0.781. The number of alkyl carbamates (subject to hydrolysis) is 1. The maximum atomic E-state index is 13.0. The molecule has 0 spiro atoms. The summed E-state index contributed by atoms with van der Waals surface area (Å²) < 4.78 is 11.6. The van der Waals surface area contributed by atoms with Gasteiger partial charge in [0.05, 0.1) is 5.56 Å². The van der Waals surface area contributed by atoms with Crippen LogP contribution in [0.3, 0.4) is 0 Å². The number of rotatable bonds is 5. The Morgan fingerprint density at radius 1 is 1.03 bits per heavy atom. The molecule has 30 heavy (non-hydrogen) atoms. The Morgan fingerprint density at radius 2 is 1.77 bits per heavy atom. The Balaban J connectivity index is 1.50. The van der Waals surface area contributed by atoms with Gasteiger partial charge in [-0.15, -0.1) is 0 Å². The quantitative estimate of drug-likeness (QED) is 0.805. The molecule has 1 N–H and O–H groups in total. The first-order valence-corrected chi connectivity index (χ1v) is 10.7. The van der Waals surface area contributed by atoms with Gasteiger partial charge in [-0.05, 0) is 37.0 Å². The zero-order valence-electron chi connectivity index (χ0n) is 17.1. The molecule has 6 heteroatoms. The van der Waals surface area contributed by atoms with E-state index in [-0.39, 0.29) is 18.6 Å². The molecule has 2 aromatic carbocycles. The van der Waals surface area contributed by atoms with Crippen molar-refractivity contribution in [3.05, 3.63) is 65.7 Å². The number of hydrogen-bond donors (Lipinski definition) is 1. The number of para-hydroxylation sites is 1. The van der Waals surface area contributed by atoms with Crippen LogP contribution < -0.4 is 10.1 Å². The molecule has 2 aliphatic rings. The van der Waals surface area contributed by atoms with Crippen LogP contribution in [-0.2, 0) is 16.0 Å². The van der Waals surface area contributed by atoms with Crippen LogP contribution in [0.15, 0.2) is 54.6 Å². The summed E-state index contributed by atoms with van der Waals surface area (Å²) in [5.41, 5.74) is 1.86. The molecule has 1 atom stereocenters. The highest BCUT2D eigenvalue weighted by atomic mass is 16.6. The maximum absolute atomic E-state index is 13.0. The van der Waals surface area contributed by atoms with Crippen LogP contribution in [0.5, 0.6) is 5.75 Å². The van der Waals surface area contributed by atoms with Gasteiger partial charge in [-0.3, -0.25) is 9.69 Å². The van der Waals surface area contributed by atoms with Crippen LogP contribution in [-0.4, -0.2) is 36.1 Å². The predicted molar refractivity (Wildman–Crippen MR) is 113 cm³/mol. The first kappa shape index (κ1) is 20.3. The van der Waals surface area contributed by atoms with Gasteiger partial charge in [-0.25, -0.2) is 4.79 Å². The molecule has 0 radical (unpaired) electrons. The molecule has 1 saturated carbocycles. The van der Waals surface area contributed by atoms with Crippen LogP contribution in [0, 0.1) is 0 Å². The lowest BCUT2D eigenvalue weighted by Gasteiger charge is -2.38. The van der Waals surface area contributed by atoms with E-state index in [1.807, 2.05) is 54.6 Å². The van der Waals surface area contributed by atoms with Gasteiger partial charge < -0.3 is 14.8 Å². The van der Waals surface area contributed by atoms with E-state index in [4.69, 9.17) is 9.47 Å². The van der Waals surface area contributed by atoms with E-state index in [0.717, 1.165) is 31.2 Å². The molecule has 0 bridgehead atoms. The Labute approximate surface area is 177 Å². The third-order valence-electron chi connectivity index (χ3n) is 5.79. The van der Waals surface area contributed by atoms with Crippen molar-refractivity contribution in [2.45, 2.75) is 50.8 Å². The van der Waals surface area contributed by atoms with Gasteiger partial charge in [0.1, 0.15) is 5.75 Å². The van der Waals surface area contributed by atoms with E-state index in [0.29, 0.717) is 24.3 Å². The van der Waals surface area contributed by atoms with Crippen molar-refractivity contribution in [2.24, 2.45) is 0 Å². The number of carbonyl (C=O) groups excluding carboxylic acids is 2. The van der Waals surface area contributed by atoms with Crippen molar-refractivity contribution in [3.8, 4) is 5.75 Å². The molecule has 1 heterocycles. The summed E-state index contributed by atoms with van der Waals surface area (Å²) in [5, 5.41) is 2.83. The summed E-state index contributed by atoms with van der Waals surface area (Å²) in [4.78, 5) is 27.3. The Bertz CT molecular complexity index is 865. The molecular weight excluding hydrogens is 380 g/mol. The van der Waals surface area contributed by atoms with E-state index >= 15 is 0 Å².